The lowest BCUT2D eigenvalue weighted by Gasteiger charge is -2.38. The van der Waals surface area contributed by atoms with Crippen molar-refractivity contribution in [2.24, 2.45) is 0 Å². The first-order valence-corrected chi connectivity index (χ1v) is 5.69. The van der Waals surface area contributed by atoms with Crippen LogP contribution in [0.25, 0.3) is 0 Å². The van der Waals surface area contributed by atoms with E-state index in [2.05, 4.69) is 4.74 Å². The standard InChI is InChI=1S/C10H5F13O4/c1-3(11)6(13,14)27-7(15,9(19,20)21)10(22,23)26-5(12,4(24)25-2)8(16,17)18/h1H2,2H3. The second kappa shape index (κ2) is 6.99. The van der Waals surface area contributed by atoms with Crippen LogP contribution in [-0.2, 0) is 19.0 Å². The van der Waals surface area contributed by atoms with Crippen molar-refractivity contribution >= 4 is 5.97 Å². The van der Waals surface area contributed by atoms with Crippen LogP contribution in [0.3, 0.4) is 0 Å². The molecule has 160 valence electrons. The van der Waals surface area contributed by atoms with E-state index in [-0.39, 0.29) is 7.11 Å². The smallest absolute Gasteiger partial charge is 0.460 e. The normalized spacial score (nSPS) is 18.4. The minimum atomic E-state index is -7.38. The molecule has 0 spiro atoms. The third kappa shape index (κ3) is 4.56. The SMILES string of the molecule is C=C(F)C(F)(F)OC(F)(C(F)(F)F)C(F)(F)OC(F)(C(=O)OC)C(F)(F)F. The Kier molecular flexibility index (Phi) is 6.53. The fourth-order valence-electron chi connectivity index (χ4n) is 1.10. The highest BCUT2D eigenvalue weighted by molar-refractivity contribution is 5.78. The molecule has 2 atom stereocenters. The second-order valence-corrected chi connectivity index (χ2v) is 4.32. The molecule has 0 saturated carbocycles. The van der Waals surface area contributed by atoms with Crippen molar-refractivity contribution in [1.82, 2.24) is 0 Å². The summed E-state index contributed by atoms with van der Waals surface area (Å²) >= 11 is 0. The van der Waals surface area contributed by atoms with Gasteiger partial charge in [-0.15, -0.1) is 0 Å². The third-order valence-electron chi connectivity index (χ3n) is 2.40. The van der Waals surface area contributed by atoms with Crippen molar-refractivity contribution in [3.05, 3.63) is 12.4 Å². The van der Waals surface area contributed by atoms with Crippen molar-refractivity contribution in [3.8, 4) is 0 Å². The fourth-order valence-corrected chi connectivity index (χ4v) is 1.10. The van der Waals surface area contributed by atoms with Crippen LogP contribution in [0.2, 0.25) is 0 Å². The van der Waals surface area contributed by atoms with Gasteiger partial charge in [0.1, 0.15) is 0 Å². The number of rotatable bonds is 7. The van der Waals surface area contributed by atoms with Gasteiger partial charge in [-0.1, -0.05) is 6.58 Å². The lowest BCUT2D eigenvalue weighted by atomic mass is 10.2. The molecule has 0 heterocycles. The predicted molar refractivity (Wildman–Crippen MR) is 54.1 cm³/mol. The summed E-state index contributed by atoms with van der Waals surface area (Å²) in [6.45, 7) is 1.64. The molecular weight excluding hydrogens is 431 g/mol. The molecule has 17 heteroatoms. The number of esters is 1. The topological polar surface area (TPSA) is 44.8 Å². The van der Waals surface area contributed by atoms with Crippen molar-refractivity contribution < 1.29 is 76.1 Å². The van der Waals surface area contributed by atoms with Crippen LogP contribution in [0.1, 0.15) is 0 Å². The van der Waals surface area contributed by atoms with Crippen LogP contribution in [0, 0.1) is 0 Å². The summed E-state index contributed by atoms with van der Waals surface area (Å²) in [5.41, 5.74) is 0. The molecule has 0 amide bonds. The van der Waals surface area contributed by atoms with Crippen LogP contribution >= 0.6 is 0 Å². The van der Waals surface area contributed by atoms with Gasteiger partial charge in [0.15, 0.2) is 5.83 Å². The Balaban J connectivity index is 6.42. The van der Waals surface area contributed by atoms with E-state index in [9.17, 15) is 61.9 Å². The van der Waals surface area contributed by atoms with E-state index in [0.717, 1.165) is 0 Å². The predicted octanol–water partition coefficient (Wildman–Crippen LogP) is 4.32. The summed E-state index contributed by atoms with van der Waals surface area (Å²) < 4.78 is 173. The van der Waals surface area contributed by atoms with E-state index < -0.39 is 48.1 Å². The average molecular weight is 436 g/mol. The first-order chi connectivity index (χ1) is 11.6. The number of halogens is 13. The molecule has 0 aromatic heterocycles. The van der Waals surface area contributed by atoms with Crippen molar-refractivity contribution in [3.63, 3.8) is 0 Å². The van der Waals surface area contributed by atoms with E-state index in [1.807, 2.05) is 9.47 Å². The van der Waals surface area contributed by atoms with Gasteiger partial charge in [0.25, 0.3) is 0 Å². The van der Waals surface area contributed by atoms with E-state index in [1.165, 1.54) is 0 Å². The molecule has 2 unspecified atom stereocenters. The van der Waals surface area contributed by atoms with E-state index in [4.69, 9.17) is 0 Å². The number of hydrogen-bond acceptors (Lipinski definition) is 4. The lowest BCUT2D eigenvalue weighted by Crippen LogP contribution is -2.65. The van der Waals surface area contributed by atoms with Crippen molar-refractivity contribution in [2.75, 3.05) is 7.11 Å². The van der Waals surface area contributed by atoms with Crippen LogP contribution < -0.4 is 0 Å². The van der Waals surface area contributed by atoms with Gasteiger partial charge in [0, 0.05) is 0 Å². The Hall–Kier alpha value is -1.78. The number of carbonyl (C=O) groups excluding carboxylic acids is 1. The fraction of sp³-hybridized carbons (Fsp3) is 0.700. The largest absolute Gasteiger partial charge is 0.465 e. The number of alkyl halides is 12. The van der Waals surface area contributed by atoms with Gasteiger partial charge in [0.05, 0.1) is 7.11 Å². The molecule has 0 aliphatic heterocycles. The van der Waals surface area contributed by atoms with Gasteiger partial charge in [-0.25, -0.2) is 9.18 Å². The number of ether oxygens (including phenoxy) is 3. The Morgan fingerprint density at radius 2 is 1.19 bits per heavy atom. The van der Waals surface area contributed by atoms with Gasteiger partial charge in [0.2, 0.25) is 0 Å². The molecule has 0 saturated heterocycles. The Bertz CT molecular complexity index is 583. The third-order valence-corrected chi connectivity index (χ3v) is 2.40. The molecule has 27 heavy (non-hydrogen) atoms. The molecule has 0 aromatic rings. The Labute approximate surface area is 139 Å². The zero-order chi connectivity index (χ0) is 22.3. The maximum Gasteiger partial charge on any atom is 0.460 e. The van der Waals surface area contributed by atoms with Gasteiger partial charge in [-0.2, -0.15) is 52.7 Å². The summed E-state index contributed by atoms with van der Waals surface area (Å²) in [5.74, 6) is -20.5. The molecule has 4 nitrogen and oxygen atoms in total. The molecule has 0 aliphatic rings. The van der Waals surface area contributed by atoms with Crippen molar-refractivity contribution in [2.45, 2.75) is 36.3 Å². The van der Waals surface area contributed by atoms with E-state index >= 15 is 0 Å². The van der Waals surface area contributed by atoms with Gasteiger partial charge >= 0.3 is 42.2 Å². The van der Waals surface area contributed by atoms with Crippen LogP contribution in [0.4, 0.5) is 57.1 Å². The highest BCUT2D eigenvalue weighted by Gasteiger charge is 2.82. The highest BCUT2D eigenvalue weighted by Crippen LogP contribution is 2.53. The first-order valence-electron chi connectivity index (χ1n) is 5.69. The number of carbonyl (C=O) groups is 1. The molecule has 0 aliphatic carbocycles. The quantitative estimate of drug-likeness (QED) is 0.441. The number of hydrogen-bond donors (Lipinski definition) is 0. The molecule has 0 radical (unpaired) electrons. The zero-order valence-electron chi connectivity index (χ0n) is 12.3. The molecule has 0 rings (SSSR count). The van der Waals surface area contributed by atoms with Crippen LogP contribution in [0.5, 0.6) is 0 Å². The molecular formula is C10H5F13O4. The number of methoxy groups -OCH3 is 1. The van der Waals surface area contributed by atoms with Gasteiger partial charge in [-0.05, 0) is 0 Å². The summed E-state index contributed by atoms with van der Waals surface area (Å²) in [6.07, 6.45) is -27.8. The lowest BCUT2D eigenvalue weighted by molar-refractivity contribution is -0.522. The van der Waals surface area contributed by atoms with Gasteiger partial charge in [-0.3, -0.25) is 9.47 Å². The summed E-state index contributed by atoms with van der Waals surface area (Å²) in [4.78, 5) is 10.7. The van der Waals surface area contributed by atoms with E-state index in [1.54, 1.807) is 6.58 Å². The summed E-state index contributed by atoms with van der Waals surface area (Å²) in [6, 6.07) is 0. The highest BCUT2D eigenvalue weighted by atomic mass is 19.4. The van der Waals surface area contributed by atoms with E-state index in [0.29, 0.717) is 0 Å². The Morgan fingerprint density at radius 3 is 1.44 bits per heavy atom. The molecule has 0 fully saturated rings. The zero-order valence-corrected chi connectivity index (χ0v) is 12.3. The second-order valence-electron chi connectivity index (χ2n) is 4.32. The van der Waals surface area contributed by atoms with Gasteiger partial charge < -0.3 is 4.74 Å². The maximum atomic E-state index is 13.6. The minimum Gasteiger partial charge on any atom is -0.465 e. The summed E-state index contributed by atoms with van der Waals surface area (Å²) in [5, 5.41) is 0. The summed E-state index contributed by atoms with van der Waals surface area (Å²) in [7, 11) is -0.0753. The molecule has 0 aromatic carbocycles. The van der Waals surface area contributed by atoms with Crippen LogP contribution in [0.15, 0.2) is 12.4 Å². The molecule has 0 bridgehead atoms. The molecule has 0 N–H and O–H groups in total. The van der Waals surface area contributed by atoms with Crippen molar-refractivity contribution in [1.29, 1.82) is 0 Å². The Morgan fingerprint density at radius 1 is 0.778 bits per heavy atom. The average Bonchev–Trinajstić information content (AvgIpc) is 2.42. The first kappa shape index (κ1) is 25.2. The van der Waals surface area contributed by atoms with Crippen LogP contribution in [-0.4, -0.2) is 49.4 Å². The maximum absolute atomic E-state index is 13.6. The minimum absolute atomic E-state index is 0.0753. The monoisotopic (exact) mass is 436 g/mol.